The van der Waals surface area contributed by atoms with Crippen molar-refractivity contribution in [3.8, 4) is 0 Å². The third kappa shape index (κ3) is 3.52. The van der Waals surface area contributed by atoms with E-state index in [0.29, 0.717) is 0 Å². The number of carbonyl (C=O) groups is 1. The molecular formula is C10H10ClF3N2O. The second-order valence-electron chi connectivity index (χ2n) is 3.46. The van der Waals surface area contributed by atoms with E-state index in [1.54, 1.807) is 0 Å². The van der Waals surface area contributed by atoms with Crippen LogP contribution in [0.15, 0.2) is 18.2 Å². The van der Waals surface area contributed by atoms with Crippen LogP contribution in [0.25, 0.3) is 0 Å². The van der Waals surface area contributed by atoms with Crippen molar-refractivity contribution in [1.82, 2.24) is 0 Å². The molecule has 3 nitrogen and oxygen atoms in total. The monoisotopic (exact) mass is 266 g/mol. The number of rotatable bonds is 3. The largest absolute Gasteiger partial charge is 0.417 e. The number of benzene rings is 1. The molecule has 7 heteroatoms. The molecule has 0 bridgehead atoms. The molecule has 1 aromatic rings. The number of anilines is 1. The molecule has 0 saturated heterocycles. The lowest BCUT2D eigenvalue weighted by molar-refractivity contribution is -0.137. The SMILES string of the molecule is CC(Nc1ccc(Cl)c(C(F)(F)F)c1)C(N)=O. The highest BCUT2D eigenvalue weighted by molar-refractivity contribution is 6.31. The van der Waals surface area contributed by atoms with Crippen LogP contribution in [-0.4, -0.2) is 11.9 Å². The van der Waals surface area contributed by atoms with E-state index < -0.39 is 28.7 Å². The lowest BCUT2D eigenvalue weighted by Gasteiger charge is -2.14. The molecule has 1 atom stereocenters. The van der Waals surface area contributed by atoms with Crippen molar-refractivity contribution >= 4 is 23.2 Å². The summed E-state index contributed by atoms with van der Waals surface area (Å²) in [5, 5.41) is 2.15. The van der Waals surface area contributed by atoms with E-state index in [0.717, 1.165) is 12.1 Å². The fourth-order valence-electron chi connectivity index (χ4n) is 1.15. The Balaban J connectivity index is 3.01. The quantitative estimate of drug-likeness (QED) is 0.884. The van der Waals surface area contributed by atoms with Gasteiger partial charge in [-0.1, -0.05) is 11.6 Å². The van der Waals surface area contributed by atoms with Crippen molar-refractivity contribution in [2.24, 2.45) is 5.73 Å². The summed E-state index contributed by atoms with van der Waals surface area (Å²) in [6.07, 6.45) is -4.54. The van der Waals surface area contributed by atoms with Crippen molar-refractivity contribution in [2.45, 2.75) is 19.1 Å². The van der Waals surface area contributed by atoms with E-state index in [1.165, 1.54) is 13.0 Å². The van der Waals surface area contributed by atoms with Gasteiger partial charge >= 0.3 is 6.18 Å². The highest BCUT2D eigenvalue weighted by Gasteiger charge is 2.33. The van der Waals surface area contributed by atoms with Gasteiger partial charge in [0.1, 0.15) is 6.04 Å². The van der Waals surface area contributed by atoms with Crippen molar-refractivity contribution < 1.29 is 18.0 Å². The second kappa shape index (κ2) is 4.83. The first-order chi connectivity index (χ1) is 7.71. The maximum atomic E-state index is 12.5. The normalized spacial score (nSPS) is 13.2. The highest BCUT2D eigenvalue weighted by atomic mass is 35.5. The summed E-state index contributed by atoms with van der Waals surface area (Å²) in [6, 6.07) is 2.52. The van der Waals surface area contributed by atoms with Crippen LogP contribution >= 0.6 is 11.6 Å². The smallest absolute Gasteiger partial charge is 0.374 e. The molecule has 3 N–H and O–H groups in total. The Morgan fingerprint density at radius 1 is 1.47 bits per heavy atom. The number of nitrogens with two attached hydrogens (primary N) is 1. The third-order valence-corrected chi connectivity index (χ3v) is 2.41. The number of hydrogen-bond donors (Lipinski definition) is 2. The minimum atomic E-state index is -4.54. The molecule has 0 aliphatic heterocycles. The highest BCUT2D eigenvalue weighted by Crippen LogP contribution is 2.36. The molecule has 1 unspecified atom stereocenters. The Morgan fingerprint density at radius 3 is 2.53 bits per heavy atom. The summed E-state index contributed by atoms with van der Waals surface area (Å²) in [5.41, 5.74) is 4.16. The molecule has 0 heterocycles. The number of carbonyl (C=O) groups excluding carboxylic acids is 1. The topological polar surface area (TPSA) is 55.1 Å². The standard InChI is InChI=1S/C10H10ClF3N2O/c1-5(9(15)17)16-6-2-3-8(11)7(4-6)10(12,13)14/h2-5,16H,1H3,(H2,15,17). The number of primary amides is 1. The van der Waals surface area contributed by atoms with Crippen molar-refractivity contribution in [1.29, 1.82) is 0 Å². The Kier molecular flexibility index (Phi) is 3.87. The van der Waals surface area contributed by atoms with Crippen LogP contribution in [0.2, 0.25) is 5.02 Å². The molecule has 0 fully saturated rings. The van der Waals surface area contributed by atoms with Crippen molar-refractivity contribution in [3.63, 3.8) is 0 Å². The van der Waals surface area contributed by atoms with Crippen molar-refractivity contribution in [2.75, 3.05) is 5.32 Å². The number of amides is 1. The van der Waals surface area contributed by atoms with E-state index in [9.17, 15) is 18.0 Å². The molecule has 17 heavy (non-hydrogen) atoms. The van der Waals surface area contributed by atoms with Crippen molar-refractivity contribution in [3.05, 3.63) is 28.8 Å². The lowest BCUT2D eigenvalue weighted by atomic mass is 10.1. The number of alkyl halides is 3. The molecule has 1 rings (SSSR count). The van der Waals surface area contributed by atoms with Gasteiger partial charge in [-0.2, -0.15) is 13.2 Å². The van der Waals surface area contributed by atoms with Gasteiger partial charge in [-0.3, -0.25) is 4.79 Å². The minimum absolute atomic E-state index is 0.132. The van der Waals surface area contributed by atoms with Gasteiger partial charge in [0.2, 0.25) is 5.91 Å². The third-order valence-electron chi connectivity index (χ3n) is 2.08. The first-order valence-corrected chi connectivity index (χ1v) is 5.02. The Bertz CT molecular complexity index is 434. The average molecular weight is 267 g/mol. The summed E-state index contributed by atoms with van der Waals surface area (Å²) in [4.78, 5) is 10.8. The predicted octanol–water partition coefficient (Wildman–Crippen LogP) is 2.64. The van der Waals surface area contributed by atoms with Gasteiger partial charge in [-0.05, 0) is 25.1 Å². The van der Waals surface area contributed by atoms with Crippen LogP contribution in [-0.2, 0) is 11.0 Å². The fourth-order valence-corrected chi connectivity index (χ4v) is 1.38. The molecular weight excluding hydrogens is 257 g/mol. The Labute approximate surface area is 101 Å². The van der Waals surface area contributed by atoms with Crippen LogP contribution < -0.4 is 11.1 Å². The van der Waals surface area contributed by atoms with Crippen LogP contribution in [0.3, 0.4) is 0 Å². The average Bonchev–Trinajstić information content (AvgIpc) is 2.19. The van der Waals surface area contributed by atoms with E-state index in [1.807, 2.05) is 0 Å². The number of nitrogens with one attached hydrogen (secondary N) is 1. The van der Waals surface area contributed by atoms with Gasteiger partial charge in [-0.25, -0.2) is 0 Å². The van der Waals surface area contributed by atoms with E-state index >= 15 is 0 Å². The van der Waals surface area contributed by atoms with Crippen LogP contribution in [0.5, 0.6) is 0 Å². The first kappa shape index (κ1) is 13.6. The van der Waals surface area contributed by atoms with Gasteiger partial charge in [0, 0.05) is 5.69 Å². The molecule has 1 aromatic carbocycles. The lowest BCUT2D eigenvalue weighted by Crippen LogP contribution is -2.32. The summed E-state index contributed by atoms with van der Waals surface area (Å²) in [7, 11) is 0. The maximum Gasteiger partial charge on any atom is 0.417 e. The van der Waals surface area contributed by atoms with Gasteiger partial charge in [0.05, 0.1) is 10.6 Å². The van der Waals surface area contributed by atoms with Gasteiger partial charge in [0.25, 0.3) is 0 Å². The van der Waals surface area contributed by atoms with E-state index in [-0.39, 0.29) is 5.69 Å². The number of halogens is 4. The van der Waals surface area contributed by atoms with Gasteiger partial charge in [0.15, 0.2) is 0 Å². The Morgan fingerprint density at radius 2 is 2.06 bits per heavy atom. The minimum Gasteiger partial charge on any atom is -0.374 e. The first-order valence-electron chi connectivity index (χ1n) is 4.64. The zero-order valence-electron chi connectivity index (χ0n) is 8.81. The van der Waals surface area contributed by atoms with Gasteiger partial charge < -0.3 is 11.1 Å². The molecule has 0 saturated carbocycles. The molecule has 0 radical (unpaired) electrons. The summed E-state index contributed by atoms with van der Waals surface area (Å²) >= 11 is 5.44. The van der Waals surface area contributed by atoms with Crippen LogP contribution in [0.1, 0.15) is 12.5 Å². The van der Waals surface area contributed by atoms with E-state index in [4.69, 9.17) is 17.3 Å². The molecule has 0 aliphatic carbocycles. The maximum absolute atomic E-state index is 12.5. The van der Waals surface area contributed by atoms with E-state index in [2.05, 4.69) is 5.32 Å². The van der Waals surface area contributed by atoms with Gasteiger partial charge in [-0.15, -0.1) is 0 Å². The summed E-state index contributed by atoms with van der Waals surface area (Å²) in [6.45, 7) is 1.45. The predicted molar refractivity (Wildman–Crippen MR) is 58.7 cm³/mol. The zero-order chi connectivity index (χ0) is 13.2. The molecule has 0 spiro atoms. The molecule has 0 aliphatic rings. The van der Waals surface area contributed by atoms with Crippen LogP contribution in [0, 0.1) is 0 Å². The fraction of sp³-hybridized carbons (Fsp3) is 0.300. The molecule has 94 valence electrons. The zero-order valence-corrected chi connectivity index (χ0v) is 9.56. The summed E-state index contributed by atoms with van der Waals surface area (Å²) in [5.74, 6) is -0.659. The van der Waals surface area contributed by atoms with Crippen LogP contribution in [0.4, 0.5) is 18.9 Å². The Hall–Kier alpha value is -1.43. The molecule has 1 amide bonds. The second-order valence-corrected chi connectivity index (χ2v) is 3.87. The number of hydrogen-bond acceptors (Lipinski definition) is 2. The molecule has 0 aromatic heterocycles. The summed E-state index contributed by atoms with van der Waals surface area (Å²) < 4.78 is 37.6.